The summed E-state index contributed by atoms with van der Waals surface area (Å²) >= 11 is 0. The first-order chi connectivity index (χ1) is 13.5. The number of amides is 1. The van der Waals surface area contributed by atoms with E-state index >= 15 is 0 Å². The van der Waals surface area contributed by atoms with Gasteiger partial charge in [0.1, 0.15) is 0 Å². The summed E-state index contributed by atoms with van der Waals surface area (Å²) in [6.45, 7) is 1.73. The second-order valence-electron chi connectivity index (χ2n) is 5.64. The predicted molar refractivity (Wildman–Crippen MR) is 98.9 cm³/mol. The second kappa shape index (κ2) is 8.12. The lowest BCUT2D eigenvalue weighted by Gasteiger charge is -2.08. The first kappa shape index (κ1) is 18.8. The summed E-state index contributed by atoms with van der Waals surface area (Å²) in [5.74, 6) is -0.756. The highest BCUT2D eigenvalue weighted by atomic mass is 16.6. The molecule has 1 amide bonds. The molecular weight excluding hydrogens is 366 g/mol. The molecule has 2 aromatic carbocycles. The number of rotatable bonds is 6. The number of esters is 1. The van der Waals surface area contributed by atoms with Crippen LogP contribution in [-0.2, 0) is 4.74 Å². The maximum Gasteiger partial charge on any atom is 0.338 e. The number of nitrogens with zero attached hydrogens (tertiary/aromatic N) is 2. The number of carbonyl (C=O) groups is 2. The Bertz CT molecular complexity index is 1010. The van der Waals surface area contributed by atoms with E-state index < -0.39 is 16.8 Å². The van der Waals surface area contributed by atoms with Crippen LogP contribution in [0.1, 0.15) is 27.6 Å². The lowest BCUT2D eigenvalue weighted by Crippen LogP contribution is -2.14. The number of nitro benzene ring substituents is 1. The third-order valence-electron chi connectivity index (χ3n) is 3.76. The molecule has 9 nitrogen and oxygen atoms in total. The largest absolute Gasteiger partial charge is 0.462 e. The second-order valence-corrected chi connectivity index (χ2v) is 5.64. The maximum atomic E-state index is 12.5. The Kier molecular flexibility index (Phi) is 5.45. The third kappa shape index (κ3) is 4.21. The number of aromatic nitrogens is 1. The van der Waals surface area contributed by atoms with E-state index in [1.165, 1.54) is 12.5 Å². The summed E-state index contributed by atoms with van der Waals surface area (Å²) in [4.78, 5) is 38.7. The lowest BCUT2D eigenvalue weighted by atomic mass is 10.1. The standard InChI is InChI=1S/C19H15N3O6/c1-2-27-19(24)14-7-13(8-16(9-14)22(25)26)18(23)21-15-5-3-12(4-6-15)17-10-20-11-28-17/h3-11H,2H2,1H3,(H,21,23). The number of carbonyl (C=O) groups excluding carboxylic acids is 2. The van der Waals surface area contributed by atoms with Crippen molar-refractivity contribution in [1.29, 1.82) is 0 Å². The van der Waals surface area contributed by atoms with Crippen molar-refractivity contribution >= 4 is 23.3 Å². The fourth-order valence-electron chi connectivity index (χ4n) is 2.46. The Morgan fingerprint density at radius 2 is 1.89 bits per heavy atom. The Balaban J connectivity index is 1.83. The molecule has 0 saturated carbocycles. The number of hydrogen-bond donors (Lipinski definition) is 1. The summed E-state index contributed by atoms with van der Waals surface area (Å²) in [5.41, 5.74) is 0.766. The number of nitrogens with one attached hydrogen (secondary N) is 1. The average Bonchev–Trinajstić information content (AvgIpc) is 3.23. The van der Waals surface area contributed by atoms with Gasteiger partial charge in [-0.25, -0.2) is 9.78 Å². The van der Waals surface area contributed by atoms with Crippen molar-refractivity contribution < 1.29 is 23.7 Å². The normalized spacial score (nSPS) is 10.3. The summed E-state index contributed by atoms with van der Waals surface area (Å²) in [7, 11) is 0. The molecular formula is C19H15N3O6. The van der Waals surface area contributed by atoms with E-state index in [1.807, 2.05) is 0 Å². The zero-order valence-electron chi connectivity index (χ0n) is 14.7. The summed E-state index contributed by atoms with van der Waals surface area (Å²) < 4.78 is 10.1. The Hall–Kier alpha value is -4.01. The van der Waals surface area contributed by atoms with Gasteiger partial charge in [0, 0.05) is 28.9 Å². The van der Waals surface area contributed by atoms with Crippen molar-refractivity contribution in [3.63, 3.8) is 0 Å². The molecule has 0 saturated heterocycles. The monoisotopic (exact) mass is 381 g/mol. The minimum Gasteiger partial charge on any atom is -0.462 e. The van der Waals surface area contributed by atoms with Gasteiger partial charge in [-0.05, 0) is 37.3 Å². The first-order valence-electron chi connectivity index (χ1n) is 8.25. The van der Waals surface area contributed by atoms with E-state index in [2.05, 4.69) is 10.3 Å². The molecule has 28 heavy (non-hydrogen) atoms. The number of oxazole rings is 1. The molecule has 0 spiro atoms. The molecule has 0 atom stereocenters. The fraction of sp³-hybridized carbons (Fsp3) is 0.105. The number of non-ortho nitro benzene ring substituents is 1. The van der Waals surface area contributed by atoms with Crippen LogP contribution in [0.5, 0.6) is 0 Å². The quantitative estimate of drug-likeness (QED) is 0.392. The van der Waals surface area contributed by atoms with Crippen molar-refractivity contribution in [3.8, 4) is 11.3 Å². The third-order valence-corrected chi connectivity index (χ3v) is 3.76. The molecule has 0 radical (unpaired) electrons. The highest BCUT2D eigenvalue weighted by Gasteiger charge is 2.19. The molecule has 1 aromatic heterocycles. The van der Waals surface area contributed by atoms with E-state index in [4.69, 9.17) is 9.15 Å². The number of ether oxygens (including phenoxy) is 1. The molecule has 0 aliphatic carbocycles. The Morgan fingerprint density at radius 3 is 2.50 bits per heavy atom. The van der Waals surface area contributed by atoms with Crippen molar-refractivity contribution in [2.45, 2.75) is 6.92 Å². The van der Waals surface area contributed by atoms with Crippen molar-refractivity contribution in [3.05, 3.63) is 76.3 Å². The molecule has 0 aliphatic heterocycles. The van der Waals surface area contributed by atoms with E-state index in [0.29, 0.717) is 11.4 Å². The molecule has 1 N–H and O–H groups in total. The van der Waals surface area contributed by atoms with Crippen LogP contribution in [0.2, 0.25) is 0 Å². The van der Waals surface area contributed by atoms with Gasteiger partial charge in [0.2, 0.25) is 0 Å². The summed E-state index contributed by atoms with van der Waals surface area (Å²) in [6.07, 6.45) is 2.88. The topological polar surface area (TPSA) is 125 Å². The Labute approximate surface area is 159 Å². The average molecular weight is 381 g/mol. The number of nitro groups is 1. The minimum atomic E-state index is -0.739. The highest BCUT2D eigenvalue weighted by Crippen LogP contribution is 2.22. The van der Waals surface area contributed by atoms with Gasteiger partial charge in [0.05, 0.1) is 23.3 Å². The SMILES string of the molecule is CCOC(=O)c1cc(C(=O)Nc2ccc(-c3cnco3)cc2)cc([N+](=O)[O-])c1. The van der Waals surface area contributed by atoms with Gasteiger partial charge in [0.15, 0.2) is 12.2 Å². The van der Waals surface area contributed by atoms with Crippen LogP contribution in [-0.4, -0.2) is 28.4 Å². The molecule has 142 valence electrons. The van der Waals surface area contributed by atoms with Crippen molar-refractivity contribution in [2.75, 3.05) is 11.9 Å². The molecule has 9 heteroatoms. The zero-order valence-corrected chi connectivity index (χ0v) is 14.7. The van der Waals surface area contributed by atoms with Crippen LogP contribution in [0.3, 0.4) is 0 Å². The molecule has 3 rings (SSSR count). The molecule has 0 fully saturated rings. The molecule has 0 aliphatic rings. The molecule has 0 unspecified atom stereocenters. The van der Waals surface area contributed by atoms with Gasteiger partial charge in [-0.3, -0.25) is 14.9 Å². The summed E-state index contributed by atoms with van der Waals surface area (Å²) in [6, 6.07) is 10.2. The van der Waals surface area contributed by atoms with E-state index in [-0.39, 0.29) is 23.4 Å². The maximum absolute atomic E-state index is 12.5. The number of hydrogen-bond acceptors (Lipinski definition) is 7. The van der Waals surface area contributed by atoms with Crippen LogP contribution in [0.15, 0.2) is 59.5 Å². The van der Waals surface area contributed by atoms with Crippen LogP contribution in [0, 0.1) is 10.1 Å². The van der Waals surface area contributed by atoms with E-state index in [1.54, 1.807) is 37.4 Å². The van der Waals surface area contributed by atoms with Gasteiger partial charge < -0.3 is 14.5 Å². The van der Waals surface area contributed by atoms with Gasteiger partial charge >= 0.3 is 5.97 Å². The van der Waals surface area contributed by atoms with Gasteiger partial charge in [-0.2, -0.15) is 0 Å². The predicted octanol–water partition coefficient (Wildman–Crippen LogP) is 3.68. The highest BCUT2D eigenvalue weighted by molar-refractivity contribution is 6.06. The van der Waals surface area contributed by atoms with Crippen LogP contribution in [0.25, 0.3) is 11.3 Å². The minimum absolute atomic E-state index is 0.0310. The van der Waals surface area contributed by atoms with Gasteiger partial charge in [-0.1, -0.05) is 0 Å². The molecule has 1 heterocycles. The smallest absolute Gasteiger partial charge is 0.338 e. The number of benzene rings is 2. The Morgan fingerprint density at radius 1 is 1.18 bits per heavy atom. The molecule has 3 aromatic rings. The van der Waals surface area contributed by atoms with Crippen LogP contribution < -0.4 is 5.32 Å². The first-order valence-corrected chi connectivity index (χ1v) is 8.25. The van der Waals surface area contributed by atoms with Crippen LogP contribution >= 0.6 is 0 Å². The lowest BCUT2D eigenvalue weighted by molar-refractivity contribution is -0.384. The van der Waals surface area contributed by atoms with Gasteiger partial charge in [-0.15, -0.1) is 0 Å². The van der Waals surface area contributed by atoms with Gasteiger partial charge in [0.25, 0.3) is 11.6 Å². The van der Waals surface area contributed by atoms with E-state index in [0.717, 1.165) is 17.7 Å². The van der Waals surface area contributed by atoms with Crippen LogP contribution in [0.4, 0.5) is 11.4 Å². The zero-order chi connectivity index (χ0) is 20.1. The number of anilines is 1. The summed E-state index contributed by atoms with van der Waals surface area (Å²) in [5, 5.41) is 13.8. The van der Waals surface area contributed by atoms with Crippen molar-refractivity contribution in [1.82, 2.24) is 4.98 Å². The molecule has 0 bridgehead atoms. The van der Waals surface area contributed by atoms with Crippen molar-refractivity contribution in [2.24, 2.45) is 0 Å². The fourth-order valence-corrected chi connectivity index (χ4v) is 2.46. The van der Waals surface area contributed by atoms with E-state index in [9.17, 15) is 19.7 Å².